The number of carboxylic acid groups (broad SMARTS) is 1. The molecule has 7 rings (SSSR count). The standard InChI is InChI=1S/C26H32N6O2S.C16H23N5OS2.C12H16BrNO.C2HF3O2.H3P/c1-4-30(5-2)21-10-6-19(7-11-21)23(34)24-25(27)29-26(35-24)28-20-8-12-22(13-9-20)32-16-14-31(15-17-32)18(3)33;1-3-24-15(17)19-16(23)18-13-4-6-14(7-5-13)21-10-8-20(9-11-21)12(2)22;1-3-14(4-2)11-7-5-10(6-8-11)12(15)9-13;3-2(4,5)1(6)7;/h6-13H,4-5,14-17,27H2,1-3H3,(H,28,29);4-7H,3,8-11H2,1-2H3,(H3,17,18,19,23);5-8H,3-4,9H2,1-2H3;(H,6,7);1H3. The average Bonchev–Trinajstić information content (AvgIpc) is 3.83. The summed E-state index contributed by atoms with van der Waals surface area (Å²) in [5.41, 5.74) is 19.5. The number of benzene rings is 4. The Hall–Kier alpha value is -6.53. The van der Waals surface area contributed by atoms with Crippen LogP contribution in [0.5, 0.6) is 0 Å². The van der Waals surface area contributed by atoms with Crippen LogP contribution in [0.3, 0.4) is 0 Å². The lowest BCUT2D eigenvalue weighted by Crippen LogP contribution is -2.48. The fourth-order valence-electron chi connectivity index (χ4n) is 8.24. The minimum Gasteiger partial charge on any atom is -0.475 e. The number of nitrogen functional groups attached to an aromatic ring is 1. The molecule has 0 aliphatic carbocycles. The lowest BCUT2D eigenvalue weighted by Gasteiger charge is -2.35. The number of thioether (sulfide) groups is 1. The number of alkyl halides is 4. The third-order valence-electron chi connectivity index (χ3n) is 12.7. The summed E-state index contributed by atoms with van der Waals surface area (Å²) in [5.74, 6) is -1.39. The van der Waals surface area contributed by atoms with Crippen LogP contribution in [0.2, 0.25) is 0 Å². The van der Waals surface area contributed by atoms with Gasteiger partial charge in [0.2, 0.25) is 17.6 Å². The number of carbonyl (C=O) groups is 5. The molecule has 4 aromatic carbocycles. The van der Waals surface area contributed by atoms with E-state index in [9.17, 15) is 32.3 Å². The van der Waals surface area contributed by atoms with Gasteiger partial charge >= 0.3 is 12.1 Å². The van der Waals surface area contributed by atoms with Gasteiger partial charge in [-0.1, -0.05) is 46.0 Å². The number of aliphatic carboxylic acids is 1. The number of halogens is 4. The van der Waals surface area contributed by atoms with Crippen molar-refractivity contribution in [1.29, 1.82) is 0 Å². The van der Waals surface area contributed by atoms with E-state index in [1.54, 1.807) is 13.8 Å². The van der Waals surface area contributed by atoms with Crippen LogP contribution in [0, 0.1) is 0 Å². The number of thiocarbonyl (C=S) groups is 1. The summed E-state index contributed by atoms with van der Waals surface area (Å²) in [6.45, 7) is 23.9. The van der Waals surface area contributed by atoms with Gasteiger partial charge < -0.3 is 56.6 Å². The number of Topliss-reactive ketones (excluding diaryl/α,β-unsaturated/α-hetero) is 1. The topological polar surface area (TPSA) is 226 Å². The fraction of sp³-hybridized carbons (Fsp3) is 0.393. The van der Waals surface area contributed by atoms with E-state index in [0.29, 0.717) is 31.2 Å². The first kappa shape index (κ1) is 69.7. The number of thiazole rings is 1. The summed E-state index contributed by atoms with van der Waals surface area (Å²) in [6.07, 6.45) is -5.08. The quantitative estimate of drug-likeness (QED) is 0.0155. The first-order valence-corrected chi connectivity index (χ1v) is 29.5. The minimum atomic E-state index is -5.08. The van der Waals surface area contributed by atoms with Crippen LogP contribution in [0.15, 0.2) is 102 Å². The molecule has 0 spiro atoms. The van der Waals surface area contributed by atoms with Gasteiger partial charge in [0.1, 0.15) is 10.7 Å². The van der Waals surface area contributed by atoms with Gasteiger partial charge in [-0.25, -0.2) is 9.78 Å². The van der Waals surface area contributed by atoms with Gasteiger partial charge in [0.05, 0.1) is 5.33 Å². The monoisotopic (exact) mass is 1270 g/mol. The maximum Gasteiger partial charge on any atom is 0.490 e. The molecule has 2 aliphatic heterocycles. The SMILES string of the molecule is CCN(CC)c1ccc(C(=O)CBr)cc1.CCN(CC)c1ccc(C(=O)c2sc(Nc3ccc(N4CCN(C(C)=O)CC4)cc3)nc2N)cc1.CCSC(N)=NC(=S)Nc1ccc(N2CCN(C(C)=O)CC2)cc1.O=C(O)C(F)(F)F.P. The molecule has 0 radical (unpaired) electrons. The Labute approximate surface area is 504 Å². The second-order valence-corrected chi connectivity index (χ2v) is 21.1. The molecule has 1 unspecified atom stereocenters. The second-order valence-electron chi connectivity index (χ2n) is 17.9. The molecule has 5 aromatic rings. The number of rotatable bonds is 16. The number of hydrogen-bond donors (Lipinski definition) is 5. The maximum atomic E-state index is 13.1. The van der Waals surface area contributed by atoms with Crippen LogP contribution < -0.4 is 41.7 Å². The van der Waals surface area contributed by atoms with E-state index >= 15 is 0 Å². The first-order chi connectivity index (χ1) is 38.5. The Bertz CT molecular complexity index is 2870. The van der Waals surface area contributed by atoms with Crippen molar-refractivity contribution in [1.82, 2.24) is 14.8 Å². The van der Waals surface area contributed by atoms with Gasteiger partial charge in [-0.05, 0) is 143 Å². The zero-order valence-electron chi connectivity index (χ0n) is 47.3. The van der Waals surface area contributed by atoms with Crippen molar-refractivity contribution < 1.29 is 42.3 Å². The fourth-order valence-corrected chi connectivity index (χ4v) is 10.2. The number of amides is 2. The Morgan fingerprint density at radius 2 is 1.11 bits per heavy atom. The van der Waals surface area contributed by atoms with Crippen molar-refractivity contribution in [3.63, 3.8) is 0 Å². The van der Waals surface area contributed by atoms with Gasteiger partial charge in [-0.15, -0.1) is 0 Å². The van der Waals surface area contributed by atoms with E-state index in [1.807, 2.05) is 114 Å². The number of nitrogens with one attached hydrogen (secondary N) is 2. The number of aliphatic imine (C=N–C) groups is 1. The van der Waals surface area contributed by atoms with Gasteiger partial charge in [0, 0.05) is 138 Å². The molecule has 1 atom stereocenters. The summed E-state index contributed by atoms with van der Waals surface area (Å²) >= 11 is 11.1. The van der Waals surface area contributed by atoms with Crippen molar-refractivity contribution >= 4 is 146 Å². The maximum absolute atomic E-state index is 13.1. The zero-order chi connectivity index (χ0) is 59.8. The van der Waals surface area contributed by atoms with Gasteiger partial charge in [-0.2, -0.15) is 28.1 Å². The van der Waals surface area contributed by atoms with Crippen LogP contribution in [0.25, 0.3) is 0 Å². The van der Waals surface area contributed by atoms with Crippen molar-refractivity contribution in [2.45, 2.75) is 54.6 Å². The third-order valence-corrected chi connectivity index (χ3v) is 15.1. The summed E-state index contributed by atoms with van der Waals surface area (Å²) in [4.78, 5) is 77.9. The highest BCUT2D eigenvalue weighted by atomic mass is 79.9. The molecule has 446 valence electrons. The molecule has 0 saturated carbocycles. The summed E-state index contributed by atoms with van der Waals surface area (Å²) in [5, 5.41) is 15.2. The van der Waals surface area contributed by atoms with E-state index < -0.39 is 12.1 Å². The number of anilines is 8. The van der Waals surface area contributed by atoms with E-state index in [-0.39, 0.29) is 39.1 Å². The molecule has 2 saturated heterocycles. The number of piperazine rings is 2. The largest absolute Gasteiger partial charge is 0.490 e. The zero-order valence-corrected chi connectivity index (χ0v) is 52.8. The van der Waals surface area contributed by atoms with Crippen molar-refractivity contribution in [3.05, 3.63) is 113 Å². The Kier molecular flexibility index (Phi) is 29.6. The van der Waals surface area contributed by atoms with Gasteiger partial charge in [0.25, 0.3) is 0 Å². The normalized spacial score (nSPS) is 13.1. The molecule has 2 fully saturated rings. The summed E-state index contributed by atoms with van der Waals surface area (Å²) in [6, 6.07) is 31.5. The summed E-state index contributed by atoms with van der Waals surface area (Å²) in [7, 11) is 0. The highest BCUT2D eigenvalue weighted by Gasteiger charge is 2.38. The molecule has 82 heavy (non-hydrogen) atoms. The molecule has 18 nitrogen and oxygen atoms in total. The number of carboxylic acids is 1. The summed E-state index contributed by atoms with van der Waals surface area (Å²) < 4.78 is 31.7. The number of nitrogens with two attached hydrogens (primary N) is 2. The Morgan fingerprint density at radius 1 is 0.707 bits per heavy atom. The smallest absolute Gasteiger partial charge is 0.475 e. The lowest BCUT2D eigenvalue weighted by atomic mass is 10.1. The van der Waals surface area contributed by atoms with Crippen LogP contribution in [-0.2, 0) is 14.4 Å². The minimum absolute atomic E-state index is 0. The molecule has 2 aliphatic rings. The second kappa shape index (κ2) is 34.8. The van der Waals surface area contributed by atoms with E-state index in [1.165, 1.54) is 28.8 Å². The van der Waals surface area contributed by atoms with Crippen LogP contribution in [-0.4, -0.2) is 155 Å². The molecular weight excluding hydrogens is 1200 g/mol. The predicted octanol–water partition coefficient (Wildman–Crippen LogP) is 10.1. The number of amidine groups is 1. The van der Waals surface area contributed by atoms with E-state index in [4.69, 9.17) is 33.6 Å². The van der Waals surface area contributed by atoms with E-state index in [0.717, 1.165) is 118 Å². The number of carbonyl (C=O) groups excluding carboxylic acids is 4. The number of ketones is 2. The molecule has 0 bridgehead atoms. The van der Waals surface area contributed by atoms with Gasteiger partial charge in [-0.3, -0.25) is 19.2 Å². The van der Waals surface area contributed by atoms with Crippen LogP contribution in [0.1, 0.15) is 74.1 Å². The number of nitrogens with zero attached hydrogens (tertiary/aromatic N) is 8. The van der Waals surface area contributed by atoms with Gasteiger partial charge in [0.15, 0.2) is 21.2 Å². The molecule has 26 heteroatoms. The first-order valence-electron chi connectivity index (χ1n) is 26.2. The predicted molar refractivity (Wildman–Crippen MR) is 344 cm³/mol. The van der Waals surface area contributed by atoms with E-state index in [2.05, 4.69) is 83.8 Å². The molecular formula is C56H75BrF3N12O6PS3. The van der Waals surface area contributed by atoms with Crippen LogP contribution in [0.4, 0.5) is 58.2 Å². The average molecular weight is 1280 g/mol. The number of aromatic nitrogens is 1. The number of hydrogen-bond acceptors (Lipinski definition) is 15. The Morgan fingerprint density at radius 3 is 1.48 bits per heavy atom. The van der Waals surface area contributed by atoms with Crippen molar-refractivity contribution in [2.75, 3.05) is 126 Å². The van der Waals surface area contributed by atoms with Crippen molar-refractivity contribution in [2.24, 2.45) is 10.7 Å². The molecule has 7 N–H and O–H groups in total. The third kappa shape index (κ3) is 22.0. The molecule has 2 amide bonds. The highest BCUT2D eigenvalue weighted by Crippen LogP contribution is 2.31. The van der Waals surface area contributed by atoms with Crippen molar-refractivity contribution in [3.8, 4) is 0 Å². The lowest BCUT2D eigenvalue weighted by molar-refractivity contribution is -0.192. The Balaban J connectivity index is 0.000000324. The molecule has 3 heterocycles. The highest BCUT2D eigenvalue weighted by molar-refractivity contribution is 9.09. The van der Waals surface area contributed by atoms with Crippen LogP contribution >= 0.6 is 61.1 Å². The molecule has 1 aromatic heterocycles.